The second kappa shape index (κ2) is 11.9. The van der Waals surface area contributed by atoms with Crippen molar-refractivity contribution in [3.63, 3.8) is 0 Å². The van der Waals surface area contributed by atoms with Gasteiger partial charge in [-0.1, -0.05) is 49.4 Å². The van der Waals surface area contributed by atoms with Crippen molar-refractivity contribution in [2.75, 3.05) is 5.32 Å². The minimum Gasteiger partial charge on any atom is -0.370 e. The minimum atomic E-state index is -4.48. The third-order valence-electron chi connectivity index (χ3n) is 5.29. The number of rotatable bonds is 6. The van der Waals surface area contributed by atoms with Gasteiger partial charge < -0.3 is 16.4 Å². The third-order valence-corrected chi connectivity index (χ3v) is 5.29. The Morgan fingerprint density at radius 3 is 2.08 bits per heavy atom. The summed E-state index contributed by atoms with van der Waals surface area (Å²) in [6.07, 6.45) is -11.6. The maximum Gasteiger partial charge on any atom is 0.389 e. The molecule has 3 amide bonds. The van der Waals surface area contributed by atoms with Gasteiger partial charge in [-0.05, 0) is 23.6 Å². The number of fused-ring (bicyclic) bond motifs is 3. The fourth-order valence-corrected chi connectivity index (χ4v) is 3.48. The molecule has 2 atom stereocenters. The third kappa shape index (κ3) is 8.58. The van der Waals surface area contributed by atoms with E-state index < -0.39 is 67.7 Å². The predicted molar refractivity (Wildman–Crippen MR) is 120 cm³/mol. The normalized spacial score (nSPS) is 15.8. The van der Waals surface area contributed by atoms with E-state index in [0.29, 0.717) is 16.8 Å². The number of carbonyl (C=O) groups is 3. The number of nitrogens with one attached hydrogen (secondary N) is 2. The number of benzene rings is 2. The first-order chi connectivity index (χ1) is 16.7. The monoisotopic (exact) mass is 517 g/mol. The largest absolute Gasteiger partial charge is 0.389 e. The first-order valence-electron chi connectivity index (χ1n) is 10.9. The van der Waals surface area contributed by atoms with Crippen LogP contribution < -0.4 is 16.4 Å². The van der Waals surface area contributed by atoms with Crippen LogP contribution in [0.1, 0.15) is 44.2 Å². The Hall–Kier alpha value is -3.57. The van der Waals surface area contributed by atoms with Gasteiger partial charge >= 0.3 is 12.4 Å². The Labute approximate surface area is 203 Å². The van der Waals surface area contributed by atoms with Gasteiger partial charge in [0.2, 0.25) is 11.8 Å². The van der Waals surface area contributed by atoms with Crippen LogP contribution in [0.3, 0.4) is 0 Å². The van der Waals surface area contributed by atoms with Crippen LogP contribution in [0.25, 0.3) is 11.1 Å². The van der Waals surface area contributed by atoms with Crippen LogP contribution in [-0.4, -0.2) is 30.1 Å². The van der Waals surface area contributed by atoms with Crippen molar-refractivity contribution in [1.29, 1.82) is 0 Å². The lowest BCUT2D eigenvalue weighted by atomic mass is 9.93. The van der Waals surface area contributed by atoms with Crippen LogP contribution in [-0.2, 0) is 14.4 Å². The summed E-state index contributed by atoms with van der Waals surface area (Å²) in [7, 11) is 0. The fourth-order valence-electron chi connectivity index (χ4n) is 3.48. The van der Waals surface area contributed by atoms with Gasteiger partial charge in [-0.25, -0.2) is 0 Å². The van der Waals surface area contributed by atoms with E-state index in [9.17, 15) is 40.7 Å². The number of halogens is 6. The van der Waals surface area contributed by atoms with Crippen molar-refractivity contribution in [3.8, 4) is 11.1 Å². The van der Waals surface area contributed by atoms with Crippen molar-refractivity contribution >= 4 is 23.4 Å². The second-order valence-electron chi connectivity index (χ2n) is 8.05. The summed E-state index contributed by atoms with van der Waals surface area (Å²) in [5, 5.41) is 5.25. The summed E-state index contributed by atoms with van der Waals surface area (Å²) >= 11 is 0. The molecule has 196 valence electrons. The molecule has 0 radical (unpaired) electrons. The SMILES string of the molecule is CCC(F)(F)F.NC(=O)CC(CCC(F)(F)F)C(=O)NC1C(=O)Nc2ccccc2-c2ccccc21. The summed E-state index contributed by atoms with van der Waals surface area (Å²) in [5.41, 5.74) is 7.63. The summed E-state index contributed by atoms with van der Waals surface area (Å²) in [6.45, 7) is 1.08. The molecular formula is C24H25F6N3O3. The molecule has 6 nitrogen and oxygen atoms in total. The standard InChI is InChI=1S/C21H20F3N3O3.C3H5F3/c22-21(23,24)10-9-12(11-17(25)28)19(29)27-18-15-7-2-1-5-13(15)14-6-3-4-8-16(14)26-20(18)30;1-2-3(4,5)6/h1-8,12,18H,9-11H2,(H2,25,28)(H,26,30)(H,27,29);2H2,1H3. The molecule has 2 unspecified atom stereocenters. The summed E-state index contributed by atoms with van der Waals surface area (Å²) in [4.78, 5) is 36.9. The van der Waals surface area contributed by atoms with Gasteiger partial charge in [0.25, 0.3) is 5.91 Å². The number of hydrogen-bond acceptors (Lipinski definition) is 3. The van der Waals surface area contributed by atoms with Gasteiger partial charge in [-0.3, -0.25) is 14.4 Å². The van der Waals surface area contributed by atoms with Gasteiger partial charge in [0.05, 0.1) is 0 Å². The number of nitrogens with two attached hydrogens (primary N) is 1. The molecule has 0 saturated carbocycles. The molecule has 1 aliphatic heterocycles. The summed E-state index contributed by atoms with van der Waals surface area (Å²) < 4.78 is 70.2. The average Bonchev–Trinajstić information content (AvgIpc) is 2.90. The number of anilines is 1. The highest BCUT2D eigenvalue weighted by molar-refractivity contribution is 6.04. The molecule has 0 spiro atoms. The number of para-hydroxylation sites is 1. The molecular weight excluding hydrogens is 492 g/mol. The molecule has 0 aromatic heterocycles. The highest BCUT2D eigenvalue weighted by Crippen LogP contribution is 2.37. The van der Waals surface area contributed by atoms with Gasteiger partial charge in [-0.2, -0.15) is 26.3 Å². The van der Waals surface area contributed by atoms with E-state index in [0.717, 1.165) is 12.5 Å². The molecule has 0 bridgehead atoms. The van der Waals surface area contributed by atoms with Gasteiger partial charge in [-0.15, -0.1) is 0 Å². The highest BCUT2D eigenvalue weighted by atomic mass is 19.4. The van der Waals surface area contributed by atoms with E-state index in [-0.39, 0.29) is 0 Å². The van der Waals surface area contributed by atoms with Crippen molar-refractivity contribution in [3.05, 3.63) is 54.1 Å². The van der Waals surface area contributed by atoms with Gasteiger partial charge in [0, 0.05) is 36.4 Å². The quantitative estimate of drug-likeness (QED) is 0.456. The van der Waals surface area contributed by atoms with E-state index in [1.165, 1.54) is 0 Å². The van der Waals surface area contributed by atoms with E-state index in [4.69, 9.17) is 5.73 Å². The summed E-state index contributed by atoms with van der Waals surface area (Å²) in [5.74, 6) is -3.56. The van der Waals surface area contributed by atoms with Crippen molar-refractivity contribution in [2.24, 2.45) is 11.7 Å². The van der Waals surface area contributed by atoms with Crippen LogP contribution in [0.2, 0.25) is 0 Å². The zero-order chi connectivity index (χ0) is 27.1. The lowest BCUT2D eigenvalue weighted by molar-refractivity contribution is -0.143. The van der Waals surface area contributed by atoms with E-state index >= 15 is 0 Å². The molecule has 4 N–H and O–H groups in total. The van der Waals surface area contributed by atoms with Crippen LogP contribution in [0.15, 0.2) is 48.5 Å². The molecule has 12 heteroatoms. The molecule has 2 aromatic carbocycles. The minimum absolute atomic E-state index is 0.502. The van der Waals surface area contributed by atoms with Crippen LogP contribution in [0.5, 0.6) is 0 Å². The maximum atomic E-state index is 12.8. The van der Waals surface area contributed by atoms with Crippen molar-refractivity contribution < 1.29 is 40.7 Å². The maximum absolute atomic E-state index is 12.8. The highest BCUT2D eigenvalue weighted by Gasteiger charge is 2.34. The summed E-state index contributed by atoms with van der Waals surface area (Å²) in [6, 6.07) is 12.9. The van der Waals surface area contributed by atoms with Crippen LogP contribution >= 0.6 is 0 Å². The number of carbonyl (C=O) groups excluding carboxylic acids is 3. The van der Waals surface area contributed by atoms with Crippen LogP contribution in [0, 0.1) is 5.92 Å². The Kier molecular flexibility index (Phi) is 9.48. The zero-order valence-electron chi connectivity index (χ0n) is 19.2. The average molecular weight is 517 g/mol. The molecule has 1 heterocycles. The van der Waals surface area contributed by atoms with Gasteiger partial charge in [0.15, 0.2) is 0 Å². The smallest absolute Gasteiger partial charge is 0.370 e. The number of amides is 3. The topological polar surface area (TPSA) is 101 Å². The molecule has 36 heavy (non-hydrogen) atoms. The predicted octanol–water partition coefficient (Wildman–Crippen LogP) is 5.26. The first kappa shape index (κ1) is 28.7. The zero-order valence-corrected chi connectivity index (χ0v) is 19.2. The van der Waals surface area contributed by atoms with Crippen molar-refractivity contribution in [2.45, 2.75) is 51.0 Å². The second-order valence-corrected chi connectivity index (χ2v) is 8.05. The van der Waals surface area contributed by atoms with E-state index in [1.54, 1.807) is 42.5 Å². The Bertz CT molecular complexity index is 1090. The molecule has 2 aromatic rings. The number of primary amides is 1. The Balaban J connectivity index is 0.000000678. The number of alkyl halides is 6. The Morgan fingerprint density at radius 1 is 0.972 bits per heavy atom. The van der Waals surface area contributed by atoms with E-state index in [2.05, 4.69) is 10.6 Å². The lowest BCUT2D eigenvalue weighted by Crippen LogP contribution is -2.41. The molecule has 0 aliphatic carbocycles. The molecule has 0 saturated heterocycles. The van der Waals surface area contributed by atoms with E-state index in [1.807, 2.05) is 6.07 Å². The fraction of sp³-hybridized carbons (Fsp3) is 0.375. The van der Waals surface area contributed by atoms with Crippen molar-refractivity contribution in [1.82, 2.24) is 5.32 Å². The molecule has 3 rings (SSSR count). The lowest BCUT2D eigenvalue weighted by Gasteiger charge is -2.22. The molecule has 1 aliphatic rings. The Morgan fingerprint density at radius 2 is 1.53 bits per heavy atom. The molecule has 0 fully saturated rings. The van der Waals surface area contributed by atoms with Gasteiger partial charge in [0.1, 0.15) is 6.04 Å². The number of hydrogen-bond donors (Lipinski definition) is 3. The first-order valence-corrected chi connectivity index (χ1v) is 10.9. The van der Waals surface area contributed by atoms with Crippen LogP contribution in [0.4, 0.5) is 32.0 Å².